The minimum absolute atomic E-state index is 0.0375. The van der Waals surface area contributed by atoms with E-state index in [4.69, 9.17) is 9.47 Å². The maximum absolute atomic E-state index is 12.7. The van der Waals surface area contributed by atoms with Crippen LogP contribution in [0.3, 0.4) is 0 Å². The molecule has 8 heteroatoms. The third-order valence-electron chi connectivity index (χ3n) is 6.21. The van der Waals surface area contributed by atoms with Gasteiger partial charge in [0.1, 0.15) is 13.2 Å². The maximum Gasteiger partial charge on any atom is 0.241 e. The van der Waals surface area contributed by atoms with Gasteiger partial charge in [-0.3, -0.25) is 19.4 Å². The summed E-state index contributed by atoms with van der Waals surface area (Å²) in [4.78, 5) is 31.6. The van der Waals surface area contributed by atoms with E-state index in [1.807, 2.05) is 30.0 Å². The molecule has 2 saturated heterocycles. The van der Waals surface area contributed by atoms with Gasteiger partial charge in [0.15, 0.2) is 11.5 Å². The van der Waals surface area contributed by atoms with Crippen molar-refractivity contribution in [1.29, 1.82) is 0 Å². The predicted molar refractivity (Wildman–Crippen MR) is 114 cm³/mol. The van der Waals surface area contributed by atoms with Crippen molar-refractivity contribution in [2.24, 2.45) is 0 Å². The zero-order valence-electron chi connectivity index (χ0n) is 17.8. The maximum atomic E-state index is 12.7. The average molecular weight is 417 g/mol. The molecule has 1 unspecified atom stereocenters. The standard InChI is InChI=1S/C22H32N4O4/c1-17(22(28)23-18-5-6-19-20(15-18)30-14-13-29-19)25-11-9-24(10-12-25)16-21(27)26-7-3-2-4-8-26/h5-6,15,17H,2-4,7-14,16H2,1H3,(H,23,28). The van der Waals surface area contributed by atoms with Crippen molar-refractivity contribution in [2.45, 2.75) is 32.2 Å². The molecule has 8 nitrogen and oxygen atoms in total. The van der Waals surface area contributed by atoms with Gasteiger partial charge in [-0.05, 0) is 38.3 Å². The van der Waals surface area contributed by atoms with Crippen LogP contribution in [0.5, 0.6) is 11.5 Å². The number of fused-ring (bicyclic) bond motifs is 1. The van der Waals surface area contributed by atoms with E-state index in [0.29, 0.717) is 36.9 Å². The van der Waals surface area contributed by atoms with Crippen LogP contribution in [-0.2, 0) is 9.59 Å². The summed E-state index contributed by atoms with van der Waals surface area (Å²) in [5, 5.41) is 2.98. The first-order valence-corrected chi connectivity index (χ1v) is 11.0. The summed E-state index contributed by atoms with van der Waals surface area (Å²) in [5.41, 5.74) is 0.710. The second-order valence-corrected chi connectivity index (χ2v) is 8.28. The second kappa shape index (κ2) is 9.66. The van der Waals surface area contributed by atoms with Crippen LogP contribution >= 0.6 is 0 Å². The van der Waals surface area contributed by atoms with Crippen LogP contribution < -0.4 is 14.8 Å². The van der Waals surface area contributed by atoms with Gasteiger partial charge in [-0.2, -0.15) is 0 Å². The topological polar surface area (TPSA) is 74.4 Å². The van der Waals surface area contributed by atoms with Crippen molar-refractivity contribution in [3.63, 3.8) is 0 Å². The average Bonchev–Trinajstić information content (AvgIpc) is 2.79. The first-order valence-electron chi connectivity index (χ1n) is 11.0. The highest BCUT2D eigenvalue weighted by Gasteiger charge is 2.28. The fraction of sp³-hybridized carbons (Fsp3) is 0.636. The Bertz CT molecular complexity index is 758. The van der Waals surface area contributed by atoms with Crippen LogP contribution in [0.25, 0.3) is 0 Å². The number of carbonyl (C=O) groups is 2. The van der Waals surface area contributed by atoms with Crippen LogP contribution in [0, 0.1) is 0 Å². The van der Waals surface area contributed by atoms with Crippen molar-refractivity contribution in [2.75, 3.05) is 64.3 Å². The molecule has 1 atom stereocenters. The summed E-state index contributed by atoms with van der Waals surface area (Å²) >= 11 is 0. The Kier molecular flexibility index (Phi) is 6.74. The van der Waals surface area contributed by atoms with Crippen molar-refractivity contribution in [3.8, 4) is 11.5 Å². The molecule has 30 heavy (non-hydrogen) atoms. The molecule has 2 fully saturated rings. The number of likely N-dealkylation sites (tertiary alicyclic amines) is 1. The van der Waals surface area contributed by atoms with Crippen LogP contribution in [0.15, 0.2) is 18.2 Å². The molecule has 1 N–H and O–H groups in total. The second-order valence-electron chi connectivity index (χ2n) is 8.28. The van der Waals surface area contributed by atoms with Gasteiger partial charge in [0.2, 0.25) is 11.8 Å². The van der Waals surface area contributed by atoms with E-state index in [-0.39, 0.29) is 17.9 Å². The van der Waals surface area contributed by atoms with Crippen LogP contribution in [0.1, 0.15) is 26.2 Å². The van der Waals surface area contributed by atoms with E-state index >= 15 is 0 Å². The Balaban J connectivity index is 1.24. The van der Waals surface area contributed by atoms with Crippen molar-refractivity contribution in [3.05, 3.63) is 18.2 Å². The number of anilines is 1. The number of piperazine rings is 1. The molecular weight excluding hydrogens is 384 g/mol. The van der Waals surface area contributed by atoms with E-state index in [1.165, 1.54) is 6.42 Å². The van der Waals surface area contributed by atoms with Crippen molar-refractivity contribution >= 4 is 17.5 Å². The molecule has 1 aromatic rings. The highest BCUT2D eigenvalue weighted by atomic mass is 16.6. The van der Waals surface area contributed by atoms with E-state index in [2.05, 4.69) is 15.1 Å². The monoisotopic (exact) mass is 416 g/mol. The molecule has 164 valence electrons. The summed E-state index contributed by atoms with van der Waals surface area (Å²) in [7, 11) is 0. The Morgan fingerprint density at radius 2 is 1.67 bits per heavy atom. The minimum atomic E-state index is -0.238. The number of carbonyl (C=O) groups excluding carboxylic acids is 2. The summed E-state index contributed by atoms with van der Waals surface area (Å²) in [6.45, 7) is 8.46. The van der Waals surface area contributed by atoms with Crippen LogP contribution in [0.2, 0.25) is 0 Å². The van der Waals surface area contributed by atoms with Crippen molar-refractivity contribution in [1.82, 2.24) is 14.7 Å². The quantitative estimate of drug-likeness (QED) is 0.783. The molecule has 3 aliphatic rings. The van der Waals surface area contributed by atoms with Gasteiger partial charge < -0.3 is 19.7 Å². The summed E-state index contributed by atoms with van der Waals surface area (Å²) in [6.07, 6.45) is 3.47. The first kappa shape index (κ1) is 20.9. The van der Waals surface area contributed by atoms with Gasteiger partial charge >= 0.3 is 0 Å². The lowest BCUT2D eigenvalue weighted by atomic mass is 10.1. The Morgan fingerprint density at radius 3 is 2.40 bits per heavy atom. The molecule has 3 aliphatic heterocycles. The van der Waals surface area contributed by atoms with Crippen LogP contribution in [-0.4, -0.2) is 91.6 Å². The minimum Gasteiger partial charge on any atom is -0.486 e. The van der Waals surface area contributed by atoms with E-state index in [0.717, 1.165) is 52.1 Å². The molecule has 4 rings (SSSR count). The number of piperidine rings is 1. The highest BCUT2D eigenvalue weighted by Crippen LogP contribution is 2.32. The first-order chi connectivity index (χ1) is 14.6. The molecule has 0 spiro atoms. The largest absolute Gasteiger partial charge is 0.486 e. The number of amides is 2. The molecular formula is C22H32N4O4. The van der Waals surface area contributed by atoms with E-state index in [1.54, 1.807) is 0 Å². The van der Waals surface area contributed by atoms with E-state index in [9.17, 15) is 9.59 Å². The zero-order chi connectivity index (χ0) is 20.9. The molecule has 0 aliphatic carbocycles. The van der Waals surface area contributed by atoms with Gasteiger partial charge in [-0.15, -0.1) is 0 Å². The lowest BCUT2D eigenvalue weighted by Gasteiger charge is -2.38. The smallest absolute Gasteiger partial charge is 0.241 e. The number of benzene rings is 1. The molecule has 2 amide bonds. The predicted octanol–water partition coefficient (Wildman–Crippen LogP) is 1.41. The Labute approximate surface area is 178 Å². The van der Waals surface area contributed by atoms with Gasteiger partial charge in [0.05, 0.1) is 12.6 Å². The normalized spacial score (nSPS) is 21.2. The molecule has 0 bridgehead atoms. The lowest BCUT2D eigenvalue weighted by molar-refractivity contribution is -0.134. The zero-order valence-corrected chi connectivity index (χ0v) is 17.8. The number of rotatable bonds is 5. The fourth-order valence-corrected chi connectivity index (χ4v) is 4.28. The Morgan fingerprint density at radius 1 is 0.967 bits per heavy atom. The third kappa shape index (κ3) is 5.05. The molecule has 0 aromatic heterocycles. The van der Waals surface area contributed by atoms with Gasteiger partial charge in [-0.1, -0.05) is 0 Å². The summed E-state index contributed by atoms with van der Waals surface area (Å²) < 4.78 is 11.1. The molecule has 0 radical (unpaired) electrons. The van der Waals surface area contributed by atoms with Crippen LogP contribution in [0.4, 0.5) is 5.69 Å². The van der Waals surface area contributed by atoms with E-state index < -0.39 is 0 Å². The van der Waals surface area contributed by atoms with Crippen molar-refractivity contribution < 1.29 is 19.1 Å². The third-order valence-corrected chi connectivity index (χ3v) is 6.21. The molecule has 1 aromatic carbocycles. The fourth-order valence-electron chi connectivity index (χ4n) is 4.28. The van der Waals surface area contributed by atoms with Gasteiger partial charge in [0.25, 0.3) is 0 Å². The molecule has 0 saturated carbocycles. The number of nitrogens with zero attached hydrogens (tertiary/aromatic N) is 3. The number of hydrogen-bond donors (Lipinski definition) is 1. The van der Waals surface area contributed by atoms with Gasteiger partial charge in [0, 0.05) is 51.0 Å². The SMILES string of the molecule is CC(C(=O)Nc1ccc2c(c1)OCCO2)N1CCN(CC(=O)N2CCCCC2)CC1. The highest BCUT2D eigenvalue weighted by molar-refractivity contribution is 5.94. The summed E-state index contributed by atoms with van der Waals surface area (Å²) in [6, 6.07) is 5.23. The van der Waals surface area contributed by atoms with Gasteiger partial charge in [-0.25, -0.2) is 0 Å². The Hall–Kier alpha value is -2.32. The number of hydrogen-bond acceptors (Lipinski definition) is 6. The summed E-state index contributed by atoms with van der Waals surface area (Å²) in [5.74, 6) is 1.58. The number of nitrogens with one attached hydrogen (secondary N) is 1. The number of ether oxygens (including phenoxy) is 2. The lowest BCUT2D eigenvalue weighted by Crippen LogP contribution is -2.54. The molecule has 3 heterocycles.